The third-order valence-corrected chi connectivity index (χ3v) is 3.06. The minimum Gasteiger partial charge on any atom is -0.384 e. The van der Waals surface area contributed by atoms with Crippen LogP contribution in [0.3, 0.4) is 0 Å². The second-order valence-corrected chi connectivity index (χ2v) is 4.45. The molecule has 0 unspecified atom stereocenters. The smallest absolute Gasteiger partial charge is 0.272 e. The summed E-state index contributed by atoms with van der Waals surface area (Å²) in [6.07, 6.45) is 0. The van der Waals surface area contributed by atoms with Crippen molar-refractivity contribution in [2.24, 2.45) is 0 Å². The lowest BCUT2D eigenvalue weighted by atomic mass is 10.1. The van der Waals surface area contributed by atoms with Gasteiger partial charge in [-0.05, 0) is 24.6 Å². The molecule has 0 radical (unpaired) electrons. The molecule has 0 saturated heterocycles. The lowest BCUT2D eigenvalue weighted by molar-refractivity contribution is -0.385. The summed E-state index contributed by atoms with van der Waals surface area (Å²) in [6.45, 7) is 1.83. The molecule has 108 valence electrons. The maximum Gasteiger partial charge on any atom is 0.272 e. The van der Waals surface area contributed by atoms with Gasteiger partial charge in [-0.2, -0.15) is 0 Å². The highest BCUT2D eigenvalue weighted by Crippen LogP contribution is 2.20. The van der Waals surface area contributed by atoms with Gasteiger partial charge in [0.25, 0.3) is 11.6 Å². The first-order chi connectivity index (χ1) is 9.99. The Hall–Kier alpha value is -2.96. The first kappa shape index (κ1) is 14.4. The van der Waals surface area contributed by atoms with Gasteiger partial charge in [0.1, 0.15) is 11.5 Å². The fourth-order valence-corrected chi connectivity index (χ4v) is 1.90. The maximum atomic E-state index is 11.9. The monoisotopic (exact) mass is 286 g/mol. The van der Waals surface area contributed by atoms with Crippen LogP contribution in [0.25, 0.3) is 0 Å². The van der Waals surface area contributed by atoms with Gasteiger partial charge in [-0.1, -0.05) is 18.2 Å². The van der Waals surface area contributed by atoms with Crippen LogP contribution in [-0.4, -0.2) is 15.8 Å². The molecule has 7 heteroatoms. The second kappa shape index (κ2) is 6.00. The number of hydrogen-bond donors (Lipinski definition) is 2. The number of benzene rings is 1. The molecule has 2 aromatic rings. The van der Waals surface area contributed by atoms with Crippen molar-refractivity contribution < 1.29 is 9.72 Å². The Morgan fingerprint density at radius 3 is 2.71 bits per heavy atom. The summed E-state index contributed by atoms with van der Waals surface area (Å²) < 4.78 is 0. The Kier molecular flexibility index (Phi) is 4.13. The van der Waals surface area contributed by atoms with Crippen LogP contribution in [0.4, 0.5) is 11.5 Å². The fraction of sp³-hybridized carbons (Fsp3) is 0.143. The van der Waals surface area contributed by atoms with E-state index in [1.807, 2.05) is 0 Å². The van der Waals surface area contributed by atoms with Crippen molar-refractivity contribution in [2.45, 2.75) is 13.5 Å². The fourth-order valence-electron chi connectivity index (χ4n) is 1.90. The predicted molar refractivity (Wildman–Crippen MR) is 77.7 cm³/mol. The zero-order valence-corrected chi connectivity index (χ0v) is 11.4. The SMILES string of the molecule is Cc1c(CNC(=O)c2cccc(N)n2)cccc1[N+](=O)[O-]. The number of carbonyl (C=O) groups is 1. The number of hydrogen-bond acceptors (Lipinski definition) is 5. The molecule has 0 bridgehead atoms. The van der Waals surface area contributed by atoms with E-state index in [4.69, 9.17) is 5.73 Å². The molecule has 0 atom stereocenters. The maximum absolute atomic E-state index is 11.9. The van der Waals surface area contributed by atoms with Crippen molar-refractivity contribution in [3.63, 3.8) is 0 Å². The van der Waals surface area contributed by atoms with Gasteiger partial charge in [0.15, 0.2) is 0 Å². The van der Waals surface area contributed by atoms with Crippen molar-refractivity contribution in [1.29, 1.82) is 0 Å². The molecule has 2 rings (SSSR count). The predicted octanol–water partition coefficient (Wildman–Crippen LogP) is 1.81. The Morgan fingerprint density at radius 2 is 2.05 bits per heavy atom. The van der Waals surface area contributed by atoms with Crippen LogP contribution in [0.1, 0.15) is 21.6 Å². The zero-order chi connectivity index (χ0) is 15.4. The third-order valence-electron chi connectivity index (χ3n) is 3.06. The van der Waals surface area contributed by atoms with Crippen LogP contribution in [0.2, 0.25) is 0 Å². The van der Waals surface area contributed by atoms with Gasteiger partial charge in [-0.15, -0.1) is 0 Å². The standard InChI is InChI=1S/C14H14N4O3/c1-9-10(4-2-6-12(9)18(20)21)8-16-14(19)11-5-3-7-13(15)17-11/h2-7H,8H2,1H3,(H2,15,17)(H,16,19). The summed E-state index contributed by atoms with van der Waals surface area (Å²) in [5, 5.41) is 13.5. The molecule has 0 spiro atoms. The molecular formula is C14H14N4O3. The third kappa shape index (κ3) is 3.33. The van der Waals surface area contributed by atoms with Crippen molar-refractivity contribution in [2.75, 3.05) is 5.73 Å². The number of anilines is 1. The highest BCUT2D eigenvalue weighted by Gasteiger charge is 2.14. The van der Waals surface area contributed by atoms with E-state index in [1.54, 1.807) is 37.3 Å². The normalized spacial score (nSPS) is 10.1. The van der Waals surface area contributed by atoms with Crippen molar-refractivity contribution in [1.82, 2.24) is 10.3 Å². The number of nitrogen functional groups attached to an aromatic ring is 1. The van der Waals surface area contributed by atoms with Crippen LogP contribution in [0.5, 0.6) is 0 Å². The summed E-state index contributed by atoms with van der Waals surface area (Å²) >= 11 is 0. The van der Waals surface area contributed by atoms with E-state index in [0.29, 0.717) is 11.1 Å². The highest BCUT2D eigenvalue weighted by atomic mass is 16.6. The molecule has 3 N–H and O–H groups in total. The number of aromatic nitrogens is 1. The molecule has 1 amide bonds. The van der Waals surface area contributed by atoms with Gasteiger partial charge < -0.3 is 11.1 Å². The van der Waals surface area contributed by atoms with Gasteiger partial charge in [-0.3, -0.25) is 14.9 Å². The Balaban J connectivity index is 2.12. The number of carbonyl (C=O) groups excluding carboxylic acids is 1. The summed E-state index contributed by atoms with van der Waals surface area (Å²) in [5.41, 5.74) is 6.97. The van der Waals surface area contributed by atoms with Crippen LogP contribution in [0.15, 0.2) is 36.4 Å². The van der Waals surface area contributed by atoms with E-state index in [0.717, 1.165) is 0 Å². The van der Waals surface area contributed by atoms with E-state index >= 15 is 0 Å². The van der Waals surface area contributed by atoms with E-state index in [1.165, 1.54) is 6.07 Å². The Morgan fingerprint density at radius 1 is 1.33 bits per heavy atom. The Labute approximate surface area is 121 Å². The average molecular weight is 286 g/mol. The molecule has 0 saturated carbocycles. The minimum atomic E-state index is -0.444. The topological polar surface area (TPSA) is 111 Å². The first-order valence-corrected chi connectivity index (χ1v) is 6.22. The van der Waals surface area contributed by atoms with Crippen molar-refractivity contribution >= 4 is 17.4 Å². The van der Waals surface area contributed by atoms with Crippen molar-refractivity contribution in [3.05, 3.63) is 63.3 Å². The molecule has 0 aliphatic rings. The molecule has 1 aromatic heterocycles. The van der Waals surface area contributed by atoms with E-state index < -0.39 is 4.92 Å². The number of nitro groups is 1. The largest absolute Gasteiger partial charge is 0.384 e. The first-order valence-electron chi connectivity index (χ1n) is 6.22. The average Bonchev–Trinajstić information content (AvgIpc) is 2.45. The van der Waals surface area contributed by atoms with Crippen molar-refractivity contribution in [3.8, 4) is 0 Å². The van der Waals surface area contributed by atoms with Gasteiger partial charge in [0, 0.05) is 18.2 Å². The molecule has 21 heavy (non-hydrogen) atoms. The lowest BCUT2D eigenvalue weighted by Gasteiger charge is -2.08. The van der Waals surface area contributed by atoms with Crippen LogP contribution < -0.4 is 11.1 Å². The highest BCUT2D eigenvalue weighted by molar-refractivity contribution is 5.92. The molecular weight excluding hydrogens is 272 g/mol. The van der Waals surface area contributed by atoms with Crippen LogP contribution >= 0.6 is 0 Å². The summed E-state index contributed by atoms with van der Waals surface area (Å²) in [7, 11) is 0. The summed E-state index contributed by atoms with van der Waals surface area (Å²) in [5.74, 6) is -0.123. The van der Waals surface area contributed by atoms with Gasteiger partial charge in [0.05, 0.1) is 4.92 Å². The zero-order valence-electron chi connectivity index (χ0n) is 11.4. The number of pyridine rings is 1. The molecule has 1 heterocycles. The second-order valence-electron chi connectivity index (χ2n) is 4.45. The lowest BCUT2D eigenvalue weighted by Crippen LogP contribution is -2.24. The number of nitro benzene ring substituents is 1. The number of rotatable bonds is 4. The molecule has 7 nitrogen and oxygen atoms in total. The van der Waals surface area contributed by atoms with E-state index in [2.05, 4.69) is 10.3 Å². The number of nitrogens with one attached hydrogen (secondary N) is 1. The Bertz CT molecular complexity index is 700. The van der Waals surface area contributed by atoms with E-state index in [9.17, 15) is 14.9 Å². The van der Waals surface area contributed by atoms with Crippen LogP contribution in [0, 0.1) is 17.0 Å². The van der Waals surface area contributed by atoms with Gasteiger partial charge in [-0.25, -0.2) is 4.98 Å². The number of nitrogens with two attached hydrogens (primary N) is 1. The molecule has 0 aliphatic heterocycles. The number of nitrogens with zero attached hydrogens (tertiary/aromatic N) is 2. The minimum absolute atomic E-state index is 0.0313. The molecule has 0 aliphatic carbocycles. The summed E-state index contributed by atoms with van der Waals surface area (Å²) in [4.78, 5) is 26.3. The summed E-state index contributed by atoms with van der Waals surface area (Å²) in [6, 6.07) is 9.52. The van der Waals surface area contributed by atoms with Gasteiger partial charge in [0.2, 0.25) is 0 Å². The molecule has 0 fully saturated rings. The van der Waals surface area contributed by atoms with Crippen LogP contribution in [-0.2, 0) is 6.54 Å². The number of amides is 1. The van der Waals surface area contributed by atoms with E-state index in [-0.39, 0.29) is 29.7 Å². The van der Waals surface area contributed by atoms with Gasteiger partial charge >= 0.3 is 0 Å². The molecule has 1 aromatic carbocycles. The quantitative estimate of drug-likeness (QED) is 0.657.